The number of nitrogens with one attached hydrogen (secondary N) is 1. The summed E-state index contributed by atoms with van der Waals surface area (Å²) in [5.41, 5.74) is 5.45. The lowest BCUT2D eigenvalue weighted by Crippen LogP contribution is -2.26. The number of rotatable bonds is 12. The Kier molecular flexibility index (Phi) is 12.9. The summed E-state index contributed by atoms with van der Waals surface area (Å²) in [7, 11) is 0. The van der Waals surface area contributed by atoms with E-state index in [1.807, 2.05) is 0 Å². The SMILES string of the molecule is CCCCCC(C)NCCCCCCCN. The zero-order valence-corrected chi connectivity index (χ0v) is 11.4. The van der Waals surface area contributed by atoms with E-state index in [0.29, 0.717) is 6.04 Å². The van der Waals surface area contributed by atoms with Crippen LogP contribution >= 0.6 is 0 Å². The molecule has 0 saturated heterocycles. The summed E-state index contributed by atoms with van der Waals surface area (Å²) in [5, 5.41) is 3.61. The predicted octanol–water partition coefficient (Wildman–Crippen LogP) is 3.45. The Morgan fingerprint density at radius 2 is 1.62 bits per heavy atom. The summed E-state index contributed by atoms with van der Waals surface area (Å²) >= 11 is 0. The summed E-state index contributed by atoms with van der Waals surface area (Å²) in [6.07, 6.45) is 11.9. The van der Waals surface area contributed by atoms with Crippen molar-refractivity contribution >= 4 is 0 Å². The van der Waals surface area contributed by atoms with Gasteiger partial charge in [-0.05, 0) is 39.3 Å². The van der Waals surface area contributed by atoms with Crippen LogP contribution in [0.2, 0.25) is 0 Å². The molecule has 0 spiro atoms. The highest BCUT2D eigenvalue weighted by molar-refractivity contribution is 4.60. The largest absolute Gasteiger partial charge is 0.330 e. The second-order valence-corrected chi connectivity index (χ2v) is 4.91. The van der Waals surface area contributed by atoms with E-state index in [4.69, 9.17) is 5.73 Å². The lowest BCUT2D eigenvalue weighted by molar-refractivity contribution is 0.472. The summed E-state index contributed by atoms with van der Waals surface area (Å²) < 4.78 is 0. The monoisotopic (exact) mass is 228 g/mol. The molecule has 0 radical (unpaired) electrons. The predicted molar refractivity (Wildman–Crippen MR) is 73.7 cm³/mol. The summed E-state index contributed by atoms with van der Waals surface area (Å²) in [6.45, 7) is 6.62. The van der Waals surface area contributed by atoms with Crippen LogP contribution in [-0.4, -0.2) is 19.1 Å². The Hall–Kier alpha value is -0.0800. The fourth-order valence-corrected chi connectivity index (χ4v) is 1.95. The van der Waals surface area contributed by atoms with Gasteiger partial charge in [0.05, 0.1) is 0 Å². The van der Waals surface area contributed by atoms with Crippen molar-refractivity contribution in [1.82, 2.24) is 5.32 Å². The van der Waals surface area contributed by atoms with Crippen LogP contribution < -0.4 is 11.1 Å². The van der Waals surface area contributed by atoms with E-state index in [9.17, 15) is 0 Å². The molecule has 0 rings (SSSR count). The van der Waals surface area contributed by atoms with Crippen molar-refractivity contribution in [3.63, 3.8) is 0 Å². The van der Waals surface area contributed by atoms with Crippen LogP contribution in [0.1, 0.15) is 71.6 Å². The Balaban J connectivity index is 3.06. The second kappa shape index (κ2) is 13.0. The average Bonchev–Trinajstić information content (AvgIpc) is 2.28. The van der Waals surface area contributed by atoms with Gasteiger partial charge in [0.1, 0.15) is 0 Å². The maximum absolute atomic E-state index is 5.45. The topological polar surface area (TPSA) is 38.0 Å². The number of hydrogen-bond acceptors (Lipinski definition) is 2. The van der Waals surface area contributed by atoms with E-state index in [1.54, 1.807) is 0 Å². The van der Waals surface area contributed by atoms with Gasteiger partial charge in [-0.25, -0.2) is 0 Å². The van der Waals surface area contributed by atoms with E-state index < -0.39 is 0 Å². The fourth-order valence-electron chi connectivity index (χ4n) is 1.95. The van der Waals surface area contributed by atoms with Gasteiger partial charge in [-0.15, -0.1) is 0 Å². The van der Waals surface area contributed by atoms with Crippen LogP contribution in [-0.2, 0) is 0 Å². The molecule has 0 amide bonds. The maximum atomic E-state index is 5.45. The van der Waals surface area contributed by atoms with Crippen LogP contribution in [0.15, 0.2) is 0 Å². The highest BCUT2D eigenvalue weighted by Gasteiger charge is 1.99. The molecular formula is C14H32N2. The first kappa shape index (κ1) is 15.9. The number of nitrogens with two attached hydrogens (primary N) is 1. The van der Waals surface area contributed by atoms with Gasteiger partial charge < -0.3 is 11.1 Å². The second-order valence-electron chi connectivity index (χ2n) is 4.91. The molecule has 2 heteroatoms. The van der Waals surface area contributed by atoms with Crippen molar-refractivity contribution in [2.75, 3.05) is 13.1 Å². The first-order chi connectivity index (χ1) is 7.81. The third-order valence-corrected chi connectivity index (χ3v) is 3.11. The molecule has 2 nitrogen and oxygen atoms in total. The van der Waals surface area contributed by atoms with Crippen LogP contribution in [0.3, 0.4) is 0 Å². The zero-order chi connectivity index (χ0) is 12.1. The molecule has 0 fully saturated rings. The van der Waals surface area contributed by atoms with E-state index >= 15 is 0 Å². The Morgan fingerprint density at radius 3 is 2.31 bits per heavy atom. The van der Waals surface area contributed by atoms with Crippen molar-refractivity contribution in [2.45, 2.75) is 77.7 Å². The molecule has 0 aromatic heterocycles. The van der Waals surface area contributed by atoms with Gasteiger partial charge in [-0.2, -0.15) is 0 Å². The highest BCUT2D eigenvalue weighted by Crippen LogP contribution is 2.04. The first-order valence-corrected chi connectivity index (χ1v) is 7.24. The lowest BCUT2D eigenvalue weighted by atomic mass is 10.1. The molecule has 0 aliphatic carbocycles. The molecule has 0 aromatic carbocycles. The Bertz CT molecular complexity index is 126. The normalized spacial score (nSPS) is 12.9. The van der Waals surface area contributed by atoms with Crippen LogP contribution in [0.4, 0.5) is 0 Å². The molecule has 0 aromatic rings. The third kappa shape index (κ3) is 12.0. The van der Waals surface area contributed by atoms with E-state index in [1.165, 1.54) is 64.3 Å². The van der Waals surface area contributed by atoms with E-state index in [-0.39, 0.29) is 0 Å². The molecule has 1 atom stereocenters. The fraction of sp³-hybridized carbons (Fsp3) is 1.00. The van der Waals surface area contributed by atoms with Gasteiger partial charge >= 0.3 is 0 Å². The van der Waals surface area contributed by atoms with Gasteiger partial charge in [0, 0.05) is 6.04 Å². The summed E-state index contributed by atoms with van der Waals surface area (Å²) in [6, 6.07) is 0.704. The minimum Gasteiger partial charge on any atom is -0.330 e. The highest BCUT2D eigenvalue weighted by atomic mass is 14.9. The van der Waals surface area contributed by atoms with E-state index in [2.05, 4.69) is 19.2 Å². The Morgan fingerprint density at radius 1 is 0.938 bits per heavy atom. The van der Waals surface area contributed by atoms with Gasteiger partial charge in [0.25, 0.3) is 0 Å². The molecular weight excluding hydrogens is 196 g/mol. The minimum absolute atomic E-state index is 0.704. The molecule has 0 heterocycles. The standard InChI is InChI=1S/C14H32N2/c1-3-4-8-11-14(2)16-13-10-7-5-6-9-12-15/h14,16H,3-13,15H2,1-2H3. The minimum atomic E-state index is 0.704. The first-order valence-electron chi connectivity index (χ1n) is 7.24. The molecule has 0 aliphatic heterocycles. The smallest absolute Gasteiger partial charge is 0.00387 e. The molecule has 3 N–H and O–H groups in total. The lowest BCUT2D eigenvalue weighted by Gasteiger charge is -2.13. The zero-order valence-electron chi connectivity index (χ0n) is 11.4. The number of hydrogen-bond donors (Lipinski definition) is 2. The third-order valence-electron chi connectivity index (χ3n) is 3.11. The van der Waals surface area contributed by atoms with Crippen molar-refractivity contribution in [3.8, 4) is 0 Å². The summed E-state index contributed by atoms with van der Waals surface area (Å²) in [5.74, 6) is 0. The Labute approximate surface area is 102 Å². The van der Waals surface area contributed by atoms with Gasteiger partial charge in [0.15, 0.2) is 0 Å². The molecule has 16 heavy (non-hydrogen) atoms. The van der Waals surface area contributed by atoms with Crippen molar-refractivity contribution in [3.05, 3.63) is 0 Å². The molecule has 0 saturated carbocycles. The molecule has 1 unspecified atom stereocenters. The van der Waals surface area contributed by atoms with Gasteiger partial charge in [-0.3, -0.25) is 0 Å². The van der Waals surface area contributed by atoms with Crippen molar-refractivity contribution in [2.24, 2.45) is 5.73 Å². The van der Waals surface area contributed by atoms with Crippen molar-refractivity contribution < 1.29 is 0 Å². The van der Waals surface area contributed by atoms with Gasteiger partial charge in [0.2, 0.25) is 0 Å². The van der Waals surface area contributed by atoms with Crippen LogP contribution in [0.25, 0.3) is 0 Å². The molecule has 98 valence electrons. The quantitative estimate of drug-likeness (QED) is 0.502. The van der Waals surface area contributed by atoms with Crippen LogP contribution in [0.5, 0.6) is 0 Å². The van der Waals surface area contributed by atoms with Gasteiger partial charge in [-0.1, -0.05) is 45.4 Å². The van der Waals surface area contributed by atoms with Crippen LogP contribution in [0, 0.1) is 0 Å². The van der Waals surface area contributed by atoms with E-state index in [0.717, 1.165) is 6.54 Å². The molecule has 0 aliphatic rings. The molecule has 0 bridgehead atoms. The average molecular weight is 228 g/mol. The van der Waals surface area contributed by atoms with Crippen molar-refractivity contribution in [1.29, 1.82) is 0 Å². The maximum Gasteiger partial charge on any atom is 0.00387 e. The summed E-state index contributed by atoms with van der Waals surface area (Å²) in [4.78, 5) is 0. The number of unbranched alkanes of at least 4 members (excludes halogenated alkanes) is 6.